The molecular weight excluding hydrogens is 422 g/mol. The normalized spacial score (nSPS) is 14.4. The van der Waals surface area contributed by atoms with Gasteiger partial charge >= 0.3 is 5.97 Å². The highest BCUT2D eigenvalue weighted by atomic mass is 79.9. The number of hydrogen-bond acceptors (Lipinski definition) is 4. The monoisotopic (exact) mass is 439 g/mol. The summed E-state index contributed by atoms with van der Waals surface area (Å²) in [7, 11) is 0. The van der Waals surface area contributed by atoms with Gasteiger partial charge in [0, 0.05) is 5.39 Å². The standard InChI is InChI=1S/C22H18BrNO4/c1-2-28-18-11-12(10-16(23)21(18)25)9-13-7-8-15-19(22(26)27)14-5-3-4-6-17(14)24-20(13)15/h3-6,9-11,25H,2,7-8H2,1H3,(H,26,27)/b13-9+. The molecule has 0 fully saturated rings. The highest BCUT2D eigenvalue weighted by Crippen LogP contribution is 2.40. The van der Waals surface area contributed by atoms with E-state index in [-0.39, 0.29) is 5.75 Å². The number of benzene rings is 2. The van der Waals surface area contributed by atoms with Crippen LogP contribution in [0.2, 0.25) is 0 Å². The van der Waals surface area contributed by atoms with Crippen LogP contribution in [0.5, 0.6) is 11.5 Å². The number of halogens is 1. The quantitative estimate of drug-likeness (QED) is 0.577. The van der Waals surface area contributed by atoms with E-state index in [2.05, 4.69) is 15.9 Å². The Labute approximate surface area is 170 Å². The van der Waals surface area contributed by atoms with Crippen LogP contribution in [0.3, 0.4) is 0 Å². The van der Waals surface area contributed by atoms with E-state index in [1.807, 2.05) is 37.3 Å². The van der Waals surface area contributed by atoms with E-state index >= 15 is 0 Å². The van der Waals surface area contributed by atoms with E-state index < -0.39 is 5.97 Å². The number of allylic oxidation sites excluding steroid dienone is 1. The molecule has 0 amide bonds. The van der Waals surface area contributed by atoms with Crippen molar-refractivity contribution >= 4 is 44.5 Å². The number of pyridine rings is 1. The number of fused-ring (bicyclic) bond motifs is 2. The molecule has 0 saturated carbocycles. The van der Waals surface area contributed by atoms with Gasteiger partial charge in [-0.25, -0.2) is 9.78 Å². The fourth-order valence-electron chi connectivity index (χ4n) is 3.67. The molecule has 1 heterocycles. The molecule has 1 aliphatic rings. The highest BCUT2D eigenvalue weighted by Gasteiger charge is 2.26. The first-order valence-corrected chi connectivity index (χ1v) is 9.80. The number of nitrogens with zero attached hydrogens (tertiary/aromatic N) is 1. The zero-order chi connectivity index (χ0) is 19.8. The van der Waals surface area contributed by atoms with Gasteiger partial charge in [-0.1, -0.05) is 18.2 Å². The van der Waals surface area contributed by atoms with Crippen LogP contribution in [0, 0.1) is 0 Å². The molecule has 2 aromatic carbocycles. The smallest absolute Gasteiger partial charge is 0.336 e. The molecule has 0 unspecified atom stereocenters. The number of aromatic carboxylic acids is 1. The maximum atomic E-state index is 11.9. The Morgan fingerprint density at radius 3 is 2.82 bits per heavy atom. The van der Waals surface area contributed by atoms with Gasteiger partial charge < -0.3 is 14.9 Å². The van der Waals surface area contributed by atoms with Crippen molar-refractivity contribution in [3.05, 3.63) is 63.3 Å². The molecule has 4 rings (SSSR count). The molecule has 0 spiro atoms. The molecule has 28 heavy (non-hydrogen) atoms. The van der Waals surface area contributed by atoms with Gasteiger partial charge in [0.15, 0.2) is 11.5 Å². The molecule has 1 aromatic heterocycles. The van der Waals surface area contributed by atoms with Crippen molar-refractivity contribution in [1.82, 2.24) is 4.98 Å². The Balaban J connectivity index is 1.88. The summed E-state index contributed by atoms with van der Waals surface area (Å²) in [4.78, 5) is 16.7. The maximum Gasteiger partial charge on any atom is 0.336 e. The molecule has 0 bridgehead atoms. The highest BCUT2D eigenvalue weighted by molar-refractivity contribution is 9.10. The Hall–Kier alpha value is -2.86. The van der Waals surface area contributed by atoms with Gasteiger partial charge in [0.1, 0.15) is 0 Å². The summed E-state index contributed by atoms with van der Waals surface area (Å²) >= 11 is 3.36. The minimum atomic E-state index is -0.929. The van der Waals surface area contributed by atoms with Crippen molar-refractivity contribution < 1.29 is 19.7 Å². The third kappa shape index (κ3) is 3.14. The van der Waals surface area contributed by atoms with Gasteiger partial charge in [0.2, 0.25) is 0 Å². The number of para-hydroxylation sites is 1. The van der Waals surface area contributed by atoms with Gasteiger partial charge in [-0.2, -0.15) is 0 Å². The van der Waals surface area contributed by atoms with E-state index in [0.717, 1.165) is 22.4 Å². The Bertz CT molecular complexity index is 1140. The van der Waals surface area contributed by atoms with Gasteiger partial charge in [-0.05, 0) is 76.7 Å². The fourth-order valence-corrected chi connectivity index (χ4v) is 4.13. The summed E-state index contributed by atoms with van der Waals surface area (Å²) in [5, 5.41) is 20.6. The molecule has 5 nitrogen and oxygen atoms in total. The fraction of sp³-hybridized carbons (Fsp3) is 0.182. The number of aromatic nitrogens is 1. The van der Waals surface area contributed by atoms with Crippen molar-refractivity contribution in [3.8, 4) is 11.5 Å². The van der Waals surface area contributed by atoms with Gasteiger partial charge in [-0.3, -0.25) is 0 Å². The molecule has 0 aliphatic heterocycles. The predicted molar refractivity (Wildman–Crippen MR) is 112 cm³/mol. The number of phenols is 1. The number of ether oxygens (including phenoxy) is 1. The van der Waals surface area contributed by atoms with Crippen LogP contribution in [0.25, 0.3) is 22.6 Å². The predicted octanol–water partition coefficient (Wildman–Crippen LogP) is 5.29. The topological polar surface area (TPSA) is 79.7 Å². The first kappa shape index (κ1) is 18.5. The molecule has 0 radical (unpaired) electrons. The molecule has 0 saturated heterocycles. The van der Waals surface area contributed by atoms with Crippen LogP contribution in [0.15, 0.2) is 40.9 Å². The largest absolute Gasteiger partial charge is 0.503 e. The third-order valence-electron chi connectivity index (χ3n) is 4.85. The Morgan fingerprint density at radius 2 is 2.07 bits per heavy atom. The van der Waals surface area contributed by atoms with Crippen LogP contribution in [0.4, 0.5) is 0 Å². The second kappa shape index (κ2) is 7.28. The van der Waals surface area contributed by atoms with Crippen molar-refractivity contribution in [1.29, 1.82) is 0 Å². The lowest BCUT2D eigenvalue weighted by Gasteiger charge is -2.10. The van der Waals surface area contributed by atoms with Crippen molar-refractivity contribution in [3.63, 3.8) is 0 Å². The summed E-state index contributed by atoms with van der Waals surface area (Å²) in [5.41, 5.74) is 4.35. The number of carbonyl (C=O) groups is 1. The lowest BCUT2D eigenvalue weighted by atomic mass is 10.0. The number of carboxylic acids is 1. The lowest BCUT2D eigenvalue weighted by Crippen LogP contribution is -2.05. The molecule has 142 valence electrons. The van der Waals surface area contributed by atoms with Crippen molar-refractivity contribution in [2.24, 2.45) is 0 Å². The van der Waals surface area contributed by atoms with Crippen LogP contribution in [-0.4, -0.2) is 27.8 Å². The van der Waals surface area contributed by atoms with E-state index in [1.165, 1.54) is 0 Å². The molecule has 6 heteroatoms. The number of carboxylic acid groups (broad SMARTS) is 1. The average molecular weight is 440 g/mol. The number of rotatable bonds is 4. The van der Waals surface area contributed by atoms with Crippen molar-refractivity contribution in [2.75, 3.05) is 6.61 Å². The summed E-state index contributed by atoms with van der Waals surface area (Å²) < 4.78 is 6.04. The first-order valence-electron chi connectivity index (χ1n) is 9.00. The summed E-state index contributed by atoms with van der Waals surface area (Å²) in [6.45, 7) is 2.30. The second-order valence-electron chi connectivity index (χ2n) is 6.59. The Kier molecular flexibility index (Phi) is 4.81. The number of hydrogen-bond donors (Lipinski definition) is 2. The lowest BCUT2D eigenvalue weighted by molar-refractivity contribution is 0.0698. The molecule has 2 N–H and O–H groups in total. The van der Waals surface area contributed by atoms with Crippen LogP contribution in [0.1, 0.15) is 40.5 Å². The maximum absolute atomic E-state index is 11.9. The van der Waals surface area contributed by atoms with Gasteiger partial charge in [0.25, 0.3) is 0 Å². The molecule has 0 atom stereocenters. The third-order valence-corrected chi connectivity index (χ3v) is 5.45. The van der Waals surface area contributed by atoms with E-state index in [9.17, 15) is 15.0 Å². The summed E-state index contributed by atoms with van der Waals surface area (Å²) in [6, 6.07) is 10.9. The summed E-state index contributed by atoms with van der Waals surface area (Å²) in [6.07, 6.45) is 3.32. The average Bonchev–Trinajstić information content (AvgIpc) is 3.05. The Morgan fingerprint density at radius 1 is 1.29 bits per heavy atom. The van der Waals surface area contributed by atoms with E-state index in [4.69, 9.17) is 9.72 Å². The van der Waals surface area contributed by atoms with Gasteiger partial charge in [0.05, 0.1) is 27.9 Å². The zero-order valence-corrected chi connectivity index (χ0v) is 16.8. The number of aromatic hydroxyl groups is 1. The first-order chi connectivity index (χ1) is 13.5. The van der Waals surface area contributed by atoms with E-state index in [1.54, 1.807) is 12.1 Å². The minimum absolute atomic E-state index is 0.0631. The summed E-state index contributed by atoms with van der Waals surface area (Å²) in [5.74, 6) is -0.463. The van der Waals surface area contributed by atoms with Crippen molar-refractivity contribution in [2.45, 2.75) is 19.8 Å². The zero-order valence-electron chi connectivity index (χ0n) is 15.2. The molecule has 1 aliphatic carbocycles. The van der Waals surface area contributed by atoms with E-state index in [0.29, 0.717) is 46.1 Å². The SMILES string of the molecule is CCOc1cc(/C=C2\CCc3c2nc2ccccc2c3C(=O)O)cc(Br)c1O. The second-order valence-corrected chi connectivity index (χ2v) is 7.44. The minimum Gasteiger partial charge on any atom is -0.503 e. The van der Waals surface area contributed by atoms with Crippen LogP contribution >= 0.6 is 15.9 Å². The van der Waals surface area contributed by atoms with Crippen LogP contribution < -0.4 is 4.74 Å². The van der Waals surface area contributed by atoms with Crippen LogP contribution in [-0.2, 0) is 6.42 Å². The number of phenolic OH excluding ortho intramolecular Hbond substituents is 1. The molecular formula is C22H18BrNO4. The van der Waals surface area contributed by atoms with Gasteiger partial charge in [-0.15, -0.1) is 0 Å². The molecule has 3 aromatic rings.